The second-order valence-electron chi connectivity index (χ2n) is 6.72. The first kappa shape index (κ1) is 18.2. The molecule has 28 heavy (non-hydrogen) atoms. The number of aromatic amines is 1. The van der Waals surface area contributed by atoms with E-state index in [-0.39, 0.29) is 0 Å². The van der Waals surface area contributed by atoms with E-state index >= 15 is 0 Å². The topological polar surface area (TPSA) is 92.4 Å². The number of morpholine rings is 1. The van der Waals surface area contributed by atoms with Gasteiger partial charge >= 0.3 is 0 Å². The Hall–Kier alpha value is -3.19. The molecule has 0 unspecified atom stereocenters. The monoisotopic (exact) mass is 376 g/mol. The van der Waals surface area contributed by atoms with Gasteiger partial charge in [-0.05, 0) is 36.8 Å². The third kappa shape index (κ3) is 3.36. The van der Waals surface area contributed by atoms with Crippen molar-refractivity contribution in [3.05, 3.63) is 48.3 Å². The van der Waals surface area contributed by atoms with Crippen LogP contribution >= 0.6 is 0 Å². The van der Waals surface area contributed by atoms with E-state index in [2.05, 4.69) is 37.2 Å². The molecule has 0 aliphatic carbocycles. The van der Waals surface area contributed by atoms with Gasteiger partial charge in [0.05, 0.1) is 18.7 Å². The predicted octanol–water partition coefficient (Wildman–Crippen LogP) is 2.85. The maximum atomic E-state index is 5.86. The molecule has 0 amide bonds. The summed E-state index contributed by atoms with van der Waals surface area (Å²) in [6.45, 7) is 5.11. The summed E-state index contributed by atoms with van der Waals surface area (Å²) >= 11 is 0. The van der Waals surface area contributed by atoms with E-state index in [0.717, 1.165) is 71.1 Å². The summed E-state index contributed by atoms with van der Waals surface area (Å²) in [5.74, 6) is 0.949. The zero-order chi connectivity index (χ0) is 19.5. The fourth-order valence-corrected chi connectivity index (χ4v) is 3.48. The summed E-state index contributed by atoms with van der Waals surface area (Å²) in [5, 5.41) is 8.74. The molecule has 0 spiro atoms. The molecule has 0 bridgehead atoms. The number of nitrogens with zero attached hydrogens (tertiary/aromatic N) is 4. The Labute approximate surface area is 163 Å². The highest BCUT2D eigenvalue weighted by molar-refractivity contribution is 6.23. The minimum absolute atomic E-state index is 0.729. The van der Waals surface area contributed by atoms with Crippen LogP contribution in [-0.2, 0) is 4.74 Å². The molecule has 1 aromatic carbocycles. The summed E-state index contributed by atoms with van der Waals surface area (Å²) in [7, 11) is 1.77. The molecule has 0 saturated carbocycles. The molecule has 7 nitrogen and oxygen atoms in total. The number of hydrogen-bond donors (Lipinski definition) is 2. The van der Waals surface area contributed by atoms with Crippen LogP contribution in [0.25, 0.3) is 27.7 Å². The van der Waals surface area contributed by atoms with Gasteiger partial charge in [-0.1, -0.05) is 6.07 Å². The van der Waals surface area contributed by atoms with Crippen LogP contribution in [-0.4, -0.2) is 54.2 Å². The molecule has 0 atom stereocenters. The van der Waals surface area contributed by atoms with Crippen molar-refractivity contribution in [2.75, 3.05) is 38.3 Å². The fourth-order valence-electron chi connectivity index (χ4n) is 3.48. The predicted molar refractivity (Wildman–Crippen MR) is 114 cm³/mol. The van der Waals surface area contributed by atoms with E-state index < -0.39 is 0 Å². The number of rotatable bonds is 4. The SMILES string of the molecule is CN=C(C)C(=CN)c1ccc2[nH]nc(-c3ccnc(N4CCOCC4)c3)c2c1. The van der Waals surface area contributed by atoms with Gasteiger partial charge in [0.2, 0.25) is 0 Å². The number of benzene rings is 1. The number of H-pyrrole nitrogens is 1. The molecular weight excluding hydrogens is 352 g/mol. The summed E-state index contributed by atoms with van der Waals surface area (Å²) in [6, 6.07) is 10.2. The van der Waals surface area contributed by atoms with Gasteiger partial charge in [-0.3, -0.25) is 10.1 Å². The number of nitrogens with one attached hydrogen (secondary N) is 1. The van der Waals surface area contributed by atoms with Crippen LogP contribution in [0.3, 0.4) is 0 Å². The largest absolute Gasteiger partial charge is 0.404 e. The van der Waals surface area contributed by atoms with Crippen molar-refractivity contribution in [2.45, 2.75) is 6.92 Å². The number of aliphatic imine (C=N–C) groups is 1. The van der Waals surface area contributed by atoms with Crippen molar-refractivity contribution in [2.24, 2.45) is 10.7 Å². The number of pyridine rings is 1. The van der Waals surface area contributed by atoms with Crippen LogP contribution in [0.2, 0.25) is 0 Å². The van der Waals surface area contributed by atoms with Gasteiger partial charge in [-0.25, -0.2) is 4.98 Å². The standard InChI is InChI=1S/C21H24N6O/c1-14(23-2)18(13-22)15-3-4-19-17(11-15)21(26-25-19)16-5-6-24-20(12-16)27-7-9-28-10-8-27/h3-6,11-13H,7-10,22H2,1-2H3,(H,25,26). The minimum Gasteiger partial charge on any atom is -0.404 e. The molecule has 1 fully saturated rings. The van der Waals surface area contributed by atoms with Gasteiger partial charge in [0.1, 0.15) is 11.5 Å². The molecular formula is C21H24N6O. The molecule has 3 aromatic rings. The Morgan fingerprint density at radius 1 is 1.25 bits per heavy atom. The lowest BCUT2D eigenvalue weighted by molar-refractivity contribution is 0.122. The number of hydrogen-bond acceptors (Lipinski definition) is 6. The van der Waals surface area contributed by atoms with E-state index in [4.69, 9.17) is 10.5 Å². The van der Waals surface area contributed by atoms with E-state index in [9.17, 15) is 0 Å². The number of anilines is 1. The Bertz CT molecular complexity index is 1050. The zero-order valence-electron chi connectivity index (χ0n) is 16.1. The highest BCUT2D eigenvalue weighted by Gasteiger charge is 2.16. The first-order valence-electron chi connectivity index (χ1n) is 9.34. The van der Waals surface area contributed by atoms with E-state index in [1.807, 2.05) is 31.3 Å². The number of ether oxygens (including phenoxy) is 1. The highest BCUT2D eigenvalue weighted by Crippen LogP contribution is 2.30. The highest BCUT2D eigenvalue weighted by atomic mass is 16.5. The van der Waals surface area contributed by atoms with E-state index in [1.165, 1.54) is 0 Å². The molecule has 1 aliphatic rings. The van der Waals surface area contributed by atoms with Crippen LogP contribution in [0.5, 0.6) is 0 Å². The maximum Gasteiger partial charge on any atom is 0.129 e. The first-order chi connectivity index (χ1) is 13.7. The summed E-state index contributed by atoms with van der Waals surface area (Å²) in [5.41, 5.74) is 11.6. The lowest BCUT2D eigenvalue weighted by atomic mass is 9.99. The van der Waals surface area contributed by atoms with Crippen LogP contribution in [0.1, 0.15) is 12.5 Å². The van der Waals surface area contributed by atoms with Crippen LogP contribution in [0.15, 0.2) is 47.7 Å². The Morgan fingerprint density at radius 2 is 2.07 bits per heavy atom. The van der Waals surface area contributed by atoms with Gasteiger partial charge < -0.3 is 15.4 Å². The summed E-state index contributed by atoms with van der Waals surface area (Å²) in [6.07, 6.45) is 3.44. The third-order valence-electron chi connectivity index (χ3n) is 5.12. The summed E-state index contributed by atoms with van der Waals surface area (Å²) < 4.78 is 5.44. The van der Waals surface area contributed by atoms with Crippen LogP contribution in [0, 0.1) is 0 Å². The minimum atomic E-state index is 0.729. The quantitative estimate of drug-likeness (QED) is 0.683. The fraction of sp³-hybridized carbons (Fsp3) is 0.286. The van der Waals surface area contributed by atoms with Crippen molar-refractivity contribution in [3.63, 3.8) is 0 Å². The molecule has 144 valence electrons. The van der Waals surface area contributed by atoms with Gasteiger partial charge in [-0.15, -0.1) is 0 Å². The lowest BCUT2D eigenvalue weighted by Gasteiger charge is -2.27. The number of allylic oxidation sites excluding steroid dienone is 1. The number of fused-ring (bicyclic) bond motifs is 1. The number of nitrogens with two attached hydrogens (primary N) is 1. The Kier molecular flexibility index (Phi) is 5.08. The van der Waals surface area contributed by atoms with Crippen molar-refractivity contribution >= 4 is 28.0 Å². The Balaban J connectivity index is 1.76. The van der Waals surface area contributed by atoms with Crippen LogP contribution < -0.4 is 10.6 Å². The molecule has 1 saturated heterocycles. The molecule has 2 aromatic heterocycles. The molecule has 1 aliphatic heterocycles. The smallest absolute Gasteiger partial charge is 0.129 e. The molecule has 7 heteroatoms. The Morgan fingerprint density at radius 3 is 2.82 bits per heavy atom. The molecule has 4 rings (SSSR count). The van der Waals surface area contributed by atoms with E-state index in [1.54, 1.807) is 13.2 Å². The van der Waals surface area contributed by atoms with Crippen molar-refractivity contribution < 1.29 is 4.74 Å². The van der Waals surface area contributed by atoms with E-state index in [0.29, 0.717) is 0 Å². The van der Waals surface area contributed by atoms with Gasteiger partial charge in [0, 0.05) is 54.8 Å². The number of aromatic nitrogens is 3. The average molecular weight is 376 g/mol. The molecule has 3 heterocycles. The average Bonchev–Trinajstić information content (AvgIpc) is 3.18. The third-order valence-corrected chi connectivity index (χ3v) is 5.12. The van der Waals surface area contributed by atoms with Crippen molar-refractivity contribution in [3.8, 4) is 11.3 Å². The lowest BCUT2D eigenvalue weighted by Crippen LogP contribution is -2.36. The zero-order valence-corrected chi connectivity index (χ0v) is 16.1. The summed E-state index contributed by atoms with van der Waals surface area (Å²) in [4.78, 5) is 11.0. The van der Waals surface area contributed by atoms with Crippen molar-refractivity contribution in [1.82, 2.24) is 15.2 Å². The maximum absolute atomic E-state index is 5.86. The van der Waals surface area contributed by atoms with Gasteiger partial charge in [0.15, 0.2) is 0 Å². The molecule has 0 radical (unpaired) electrons. The van der Waals surface area contributed by atoms with Gasteiger partial charge in [0.25, 0.3) is 0 Å². The second kappa shape index (κ2) is 7.82. The first-order valence-corrected chi connectivity index (χ1v) is 9.34. The second-order valence-corrected chi connectivity index (χ2v) is 6.72. The van der Waals surface area contributed by atoms with Gasteiger partial charge in [-0.2, -0.15) is 5.10 Å². The molecule has 3 N–H and O–H groups in total. The van der Waals surface area contributed by atoms with Crippen LogP contribution in [0.4, 0.5) is 5.82 Å². The normalized spacial score (nSPS) is 16.0. The van der Waals surface area contributed by atoms with Crippen molar-refractivity contribution in [1.29, 1.82) is 0 Å².